The minimum atomic E-state index is -5.03. The second kappa shape index (κ2) is 9.30. The monoisotopic (exact) mass is 487 g/mol. The van der Waals surface area contributed by atoms with Crippen LogP contribution in [0.4, 0.5) is 32.0 Å². The largest absolute Gasteiger partial charge is 0.416 e. The lowest BCUT2D eigenvalue weighted by Crippen LogP contribution is -2.22. The van der Waals surface area contributed by atoms with Gasteiger partial charge in [-0.25, -0.2) is 4.98 Å². The van der Waals surface area contributed by atoms with Crippen LogP contribution in [0.25, 0.3) is 5.69 Å². The van der Waals surface area contributed by atoms with E-state index >= 15 is 0 Å². The zero-order valence-electron chi connectivity index (χ0n) is 16.8. The summed E-state index contributed by atoms with van der Waals surface area (Å²) in [6, 6.07) is 10.5. The van der Waals surface area contributed by atoms with Crippen molar-refractivity contribution < 1.29 is 31.1 Å². The van der Waals surface area contributed by atoms with Crippen molar-refractivity contribution in [2.75, 3.05) is 11.1 Å². The molecule has 0 aliphatic rings. The molecule has 174 valence electrons. The standard InChI is InChI=1S/C21H15F6N3O2S/c1-12-7-18(32)30(16-5-3-2-4-6-16)19(28-12)33-11-17(31)29-15-9-13(20(22,23)24)8-14(10-15)21(25,26)27/h2-10H,11H2,1H3,(H,29,31). The summed E-state index contributed by atoms with van der Waals surface area (Å²) in [5.41, 5.74) is -3.30. The molecular weight excluding hydrogens is 472 g/mol. The topological polar surface area (TPSA) is 64.0 Å². The number of hydrogen-bond acceptors (Lipinski definition) is 4. The number of thioether (sulfide) groups is 1. The molecule has 0 saturated carbocycles. The number of halogens is 6. The molecule has 0 spiro atoms. The predicted octanol–water partition coefficient (Wildman–Crippen LogP) is 5.31. The molecule has 1 N–H and O–H groups in total. The van der Waals surface area contributed by atoms with Crippen molar-refractivity contribution in [2.45, 2.75) is 24.4 Å². The Morgan fingerprint density at radius 1 is 0.970 bits per heavy atom. The normalized spacial score (nSPS) is 12.0. The number of carbonyl (C=O) groups is 1. The van der Waals surface area contributed by atoms with Gasteiger partial charge >= 0.3 is 12.4 Å². The van der Waals surface area contributed by atoms with E-state index < -0.39 is 46.4 Å². The van der Waals surface area contributed by atoms with Crippen LogP contribution in [-0.4, -0.2) is 21.2 Å². The van der Waals surface area contributed by atoms with E-state index in [0.29, 0.717) is 23.5 Å². The van der Waals surface area contributed by atoms with Crippen LogP contribution in [-0.2, 0) is 17.1 Å². The fourth-order valence-electron chi connectivity index (χ4n) is 2.84. The first-order valence-corrected chi connectivity index (χ1v) is 10.2. The first kappa shape index (κ1) is 24.4. The maximum Gasteiger partial charge on any atom is 0.416 e. The third-order valence-corrected chi connectivity index (χ3v) is 5.17. The lowest BCUT2D eigenvalue weighted by molar-refractivity contribution is -0.143. The quantitative estimate of drug-likeness (QED) is 0.301. The molecule has 0 bridgehead atoms. The van der Waals surface area contributed by atoms with Gasteiger partial charge < -0.3 is 5.32 Å². The molecule has 0 radical (unpaired) electrons. The molecule has 0 unspecified atom stereocenters. The SMILES string of the molecule is Cc1cc(=O)n(-c2ccccc2)c(SCC(=O)Nc2cc(C(F)(F)F)cc(C(F)(F)F)c2)n1. The molecule has 0 atom stereocenters. The Balaban J connectivity index is 1.84. The van der Waals surface area contributed by atoms with Crippen LogP contribution in [0.5, 0.6) is 0 Å². The first-order valence-electron chi connectivity index (χ1n) is 9.23. The number of benzene rings is 2. The van der Waals surface area contributed by atoms with Gasteiger partial charge in [-0.1, -0.05) is 30.0 Å². The van der Waals surface area contributed by atoms with Crippen LogP contribution in [0.15, 0.2) is 64.5 Å². The van der Waals surface area contributed by atoms with Gasteiger partial charge in [0.2, 0.25) is 5.91 Å². The molecule has 33 heavy (non-hydrogen) atoms. The van der Waals surface area contributed by atoms with Crippen LogP contribution >= 0.6 is 11.8 Å². The third kappa shape index (κ3) is 6.15. The van der Waals surface area contributed by atoms with Gasteiger partial charge in [-0.3, -0.25) is 14.2 Å². The zero-order chi connectivity index (χ0) is 24.4. The van der Waals surface area contributed by atoms with E-state index in [4.69, 9.17) is 0 Å². The van der Waals surface area contributed by atoms with E-state index in [-0.39, 0.29) is 11.2 Å². The van der Waals surface area contributed by atoms with Gasteiger partial charge in [-0.2, -0.15) is 26.3 Å². The molecule has 0 fully saturated rings. The Bertz CT molecular complexity index is 1190. The number of amides is 1. The number of hydrogen-bond donors (Lipinski definition) is 1. The number of aromatic nitrogens is 2. The number of nitrogens with zero attached hydrogens (tertiary/aromatic N) is 2. The van der Waals surface area contributed by atoms with Crippen molar-refractivity contribution in [1.82, 2.24) is 9.55 Å². The Hall–Kier alpha value is -3.28. The fraction of sp³-hybridized carbons (Fsp3) is 0.190. The smallest absolute Gasteiger partial charge is 0.325 e. The second-order valence-corrected chi connectivity index (χ2v) is 7.76. The van der Waals surface area contributed by atoms with Crippen LogP contribution in [0.2, 0.25) is 0 Å². The molecule has 0 aliphatic carbocycles. The van der Waals surface area contributed by atoms with E-state index in [1.807, 2.05) is 0 Å². The van der Waals surface area contributed by atoms with Crippen molar-refractivity contribution >= 4 is 23.4 Å². The summed E-state index contributed by atoms with van der Waals surface area (Å²) >= 11 is 0.812. The van der Waals surface area contributed by atoms with Gasteiger partial charge in [0.05, 0.1) is 22.6 Å². The predicted molar refractivity (Wildman–Crippen MR) is 110 cm³/mol. The Kier molecular flexibility index (Phi) is 6.86. The highest BCUT2D eigenvalue weighted by Gasteiger charge is 2.37. The van der Waals surface area contributed by atoms with E-state index in [9.17, 15) is 35.9 Å². The summed E-state index contributed by atoms with van der Waals surface area (Å²) in [6.07, 6.45) is -10.1. The molecule has 3 rings (SSSR count). The molecular formula is C21H15F6N3O2S. The van der Waals surface area contributed by atoms with Gasteiger partial charge in [0.25, 0.3) is 5.56 Å². The highest BCUT2D eigenvalue weighted by Crippen LogP contribution is 2.37. The summed E-state index contributed by atoms with van der Waals surface area (Å²) in [6.45, 7) is 1.57. The number of anilines is 1. The van der Waals surface area contributed by atoms with Gasteiger partial charge in [0.1, 0.15) is 0 Å². The summed E-state index contributed by atoms with van der Waals surface area (Å²) in [5.74, 6) is -1.29. The summed E-state index contributed by atoms with van der Waals surface area (Å²) < 4.78 is 79.2. The molecule has 1 heterocycles. The highest BCUT2D eigenvalue weighted by molar-refractivity contribution is 7.99. The van der Waals surface area contributed by atoms with E-state index in [0.717, 1.165) is 11.8 Å². The molecule has 1 aromatic heterocycles. The zero-order valence-corrected chi connectivity index (χ0v) is 17.6. The second-order valence-electron chi connectivity index (χ2n) is 6.82. The molecule has 3 aromatic rings. The molecule has 2 aromatic carbocycles. The highest BCUT2D eigenvalue weighted by atomic mass is 32.2. The number of rotatable bonds is 5. The maximum atomic E-state index is 13.0. The number of aryl methyl sites for hydroxylation is 1. The molecule has 0 aliphatic heterocycles. The number of nitrogens with one attached hydrogen (secondary N) is 1. The van der Waals surface area contributed by atoms with Crippen LogP contribution in [0, 0.1) is 6.92 Å². The number of alkyl halides is 6. The Morgan fingerprint density at radius 3 is 2.09 bits per heavy atom. The van der Waals surface area contributed by atoms with E-state index in [1.54, 1.807) is 37.3 Å². The molecule has 0 saturated heterocycles. The summed E-state index contributed by atoms with van der Waals surface area (Å²) in [4.78, 5) is 29.0. The van der Waals surface area contributed by atoms with Gasteiger partial charge in [0, 0.05) is 17.4 Å². The van der Waals surface area contributed by atoms with Gasteiger partial charge in [-0.15, -0.1) is 0 Å². The average molecular weight is 487 g/mol. The maximum absolute atomic E-state index is 13.0. The van der Waals surface area contributed by atoms with Crippen molar-refractivity contribution in [3.63, 3.8) is 0 Å². The van der Waals surface area contributed by atoms with Gasteiger partial charge in [-0.05, 0) is 37.3 Å². The Labute approximate surface area is 187 Å². The lowest BCUT2D eigenvalue weighted by Gasteiger charge is -2.15. The molecule has 5 nitrogen and oxygen atoms in total. The van der Waals surface area contributed by atoms with Gasteiger partial charge in [0.15, 0.2) is 5.16 Å². The van der Waals surface area contributed by atoms with Crippen molar-refractivity contribution in [2.24, 2.45) is 0 Å². The van der Waals surface area contributed by atoms with E-state index in [2.05, 4.69) is 10.3 Å². The summed E-state index contributed by atoms with van der Waals surface area (Å²) in [5, 5.41) is 2.19. The van der Waals surface area contributed by atoms with Crippen LogP contribution in [0.3, 0.4) is 0 Å². The average Bonchev–Trinajstić information content (AvgIpc) is 2.71. The fourth-order valence-corrected chi connectivity index (χ4v) is 3.70. The number of carbonyl (C=O) groups excluding carboxylic acids is 1. The van der Waals surface area contributed by atoms with Crippen molar-refractivity contribution in [3.8, 4) is 5.69 Å². The molecule has 12 heteroatoms. The molecule has 1 amide bonds. The lowest BCUT2D eigenvalue weighted by atomic mass is 10.1. The number of para-hydroxylation sites is 1. The third-order valence-electron chi connectivity index (χ3n) is 4.23. The van der Waals surface area contributed by atoms with Crippen molar-refractivity contribution in [3.05, 3.63) is 81.8 Å². The first-order chi connectivity index (χ1) is 15.3. The minimum Gasteiger partial charge on any atom is -0.325 e. The van der Waals surface area contributed by atoms with Crippen molar-refractivity contribution in [1.29, 1.82) is 0 Å². The van der Waals surface area contributed by atoms with Crippen LogP contribution in [0.1, 0.15) is 16.8 Å². The Morgan fingerprint density at radius 2 is 1.55 bits per heavy atom. The summed E-state index contributed by atoms with van der Waals surface area (Å²) in [7, 11) is 0. The minimum absolute atomic E-state index is 0.0281. The van der Waals surface area contributed by atoms with E-state index in [1.165, 1.54) is 10.6 Å². The van der Waals surface area contributed by atoms with Crippen LogP contribution < -0.4 is 10.9 Å².